The Labute approximate surface area is 113 Å². The summed E-state index contributed by atoms with van der Waals surface area (Å²) < 4.78 is 15.9. The summed E-state index contributed by atoms with van der Waals surface area (Å²) in [6.45, 7) is 0. The molecule has 0 radical (unpaired) electrons. The van der Waals surface area contributed by atoms with E-state index in [1.165, 1.54) is 0 Å². The lowest BCUT2D eigenvalue weighted by molar-refractivity contribution is 0.172. The van der Waals surface area contributed by atoms with Crippen molar-refractivity contribution in [1.29, 1.82) is 0 Å². The van der Waals surface area contributed by atoms with Crippen molar-refractivity contribution in [2.45, 2.75) is 31.4 Å². The van der Waals surface area contributed by atoms with Crippen molar-refractivity contribution in [1.82, 2.24) is 0 Å². The first-order valence-corrected chi connectivity index (χ1v) is 6.44. The standard InChI is InChI=1S/C14H21NO4/c1-17-12-7-9(8-13(18-2)14(12)19-3)15-10-5-4-6-11(10)16/h7-8,10-11,15-16H,4-6H2,1-3H3. The molecule has 1 aromatic rings. The van der Waals surface area contributed by atoms with Crippen molar-refractivity contribution in [3.8, 4) is 17.2 Å². The van der Waals surface area contributed by atoms with Crippen LogP contribution in [-0.2, 0) is 0 Å². The molecular weight excluding hydrogens is 246 g/mol. The molecule has 0 spiro atoms. The molecule has 106 valence electrons. The smallest absolute Gasteiger partial charge is 0.203 e. The molecule has 2 atom stereocenters. The number of aliphatic hydroxyl groups is 1. The Bertz CT molecular complexity index is 410. The third kappa shape index (κ3) is 2.87. The predicted molar refractivity (Wildman–Crippen MR) is 73.4 cm³/mol. The number of nitrogens with one attached hydrogen (secondary N) is 1. The Morgan fingerprint density at radius 1 is 1.05 bits per heavy atom. The normalized spacial score (nSPS) is 22.1. The molecule has 2 rings (SSSR count). The van der Waals surface area contributed by atoms with Crippen LogP contribution in [0.15, 0.2) is 12.1 Å². The maximum Gasteiger partial charge on any atom is 0.203 e. The molecule has 1 saturated carbocycles. The number of hydrogen-bond acceptors (Lipinski definition) is 5. The van der Waals surface area contributed by atoms with E-state index in [0.717, 1.165) is 24.9 Å². The number of anilines is 1. The highest BCUT2D eigenvalue weighted by Crippen LogP contribution is 2.40. The topological polar surface area (TPSA) is 60.0 Å². The summed E-state index contributed by atoms with van der Waals surface area (Å²) >= 11 is 0. The number of ether oxygens (including phenoxy) is 3. The zero-order chi connectivity index (χ0) is 13.8. The molecule has 0 bridgehead atoms. The first-order valence-electron chi connectivity index (χ1n) is 6.44. The molecule has 1 aromatic carbocycles. The Hall–Kier alpha value is -1.62. The fourth-order valence-electron chi connectivity index (χ4n) is 2.49. The molecule has 2 unspecified atom stereocenters. The minimum Gasteiger partial charge on any atom is -0.493 e. The largest absolute Gasteiger partial charge is 0.493 e. The fraction of sp³-hybridized carbons (Fsp3) is 0.571. The lowest BCUT2D eigenvalue weighted by atomic mass is 10.2. The van der Waals surface area contributed by atoms with Gasteiger partial charge in [0.1, 0.15) is 0 Å². The van der Waals surface area contributed by atoms with E-state index in [2.05, 4.69) is 5.32 Å². The van der Waals surface area contributed by atoms with E-state index in [1.54, 1.807) is 21.3 Å². The van der Waals surface area contributed by atoms with Gasteiger partial charge in [-0.1, -0.05) is 0 Å². The Balaban J connectivity index is 2.25. The van der Waals surface area contributed by atoms with Gasteiger partial charge in [-0.25, -0.2) is 0 Å². The second-order valence-electron chi connectivity index (χ2n) is 4.66. The molecule has 5 nitrogen and oxygen atoms in total. The SMILES string of the molecule is COc1cc(NC2CCCC2O)cc(OC)c1OC. The molecule has 0 heterocycles. The van der Waals surface area contributed by atoms with Crippen LogP contribution >= 0.6 is 0 Å². The molecule has 5 heteroatoms. The van der Waals surface area contributed by atoms with Gasteiger partial charge in [0.05, 0.1) is 33.5 Å². The van der Waals surface area contributed by atoms with Crippen LogP contribution in [0.25, 0.3) is 0 Å². The van der Waals surface area contributed by atoms with E-state index < -0.39 is 0 Å². The van der Waals surface area contributed by atoms with Crippen LogP contribution in [0.4, 0.5) is 5.69 Å². The highest BCUT2D eigenvalue weighted by atomic mass is 16.5. The van der Waals surface area contributed by atoms with E-state index in [-0.39, 0.29) is 12.1 Å². The summed E-state index contributed by atoms with van der Waals surface area (Å²) in [5.74, 6) is 1.79. The summed E-state index contributed by atoms with van der Waals surface area (Å²) in [7, 11) is 4.76. The van der Waals surface area contributed by atoms with Crippen molar-refractivity contribution >= 4 is 5.69 Å². The van der Waals surface area contributed by atoms with E-state index in [1.807, 2.05) is 12.1 Å². The van der Waals surface area contributed by atoms with Gasteiger partial charge in [0.15, 0.2) is 11.5 Å². The van der Waals surface area contributed by atoms with Crippen LogP contribution in [0.3, 0.4) is 0 Å². The van der Waals surface area contributed by atoms with Crippen LogP contribution in [0, 0.1) is 0 Å². The van der Waals surface area contributed by atoms with Crippen LogP contribution in [0.5, 0.6) is 17.2 Å². The zero-order valence-corrected chi connectivity index (χ0v) is 11.6. The second-order valence-corrected chi connectivity index (χ2v) is 4.66. The maximum absolute atomic E-state index is 9.85. The minimum absolute atomic E-state index is 0.0859. The molecule has 1 aliphatic carbocycles. The number of rotatable bonds is 5. The van der Waals surface area contributed by atoms with Gasteiger partial charge in [0, 0.05) is 17.8 Å². The zero-order valence-electron chi connectivity index (χ0n) is 11.6. The molecule has 2 N–H and O–H groups in total. The van der Waals surface area contributed by atoms with Gasteiger partial charge < -0.3 is 24.6 Å². The quantitative estimate of drug-likeness (QED) is 0.855. The average Bonchev–Trinajstić information content (AvgIpc) is 2.83. The van der Waals surface area contributed by atoms with Crippen molar-refractivity contribution in [3.05, 3.63) is 12.1 Å². The third-order valence-corrected chi connectivity index (χ3v) is 3.50. The van der Waals surface area contributed by atoms with Gasteiger partial charge >= 0.3 is 0 Å². The van der Waals surface area contributed by atoms with Crippen molar-refractivity contribution < 1.29 is 19.3 Å². The van der Waals surface area contributed by atoms with Gasteiger partial charge in [0.2, 0.25) is 5.75 Å². The molecule has 0 aliphatic heterocycles. The van der Waals surface area contributed by atoms with Gasteiger partial charge in [-0.2, -0.15) is 0 Å². The monoisotopic (exact) mass is 267 g/mol. The van der Waals surface area contributed by atoms with Gasteiger partial charge in [0.25, 0.3) is 0 Å². The molecule has 0 amide bonds. The second kappa shape index (κ2) is 6.02. The van der Waals surface area contributed by atoms with Gasteiger partial charge in [-0.05, 0) is 19.3 Å². The number of aliphatic hydroxyl groups excluding tert-OH is 1. The molecule has 19 heavy (non-hydrogen) atoms. The van der Waals surface area contributed by atoms with Gasteiger partial charge in [-0.3, -0.25) is 0 Å². The van der Waals surface area contributed by atoms with E-state index in [4.69, 9.17) is 14.2 Å². The molecule has 0 aromatic heterocycles. The number of methoxy groups -OCH3 is 3. The Morgan fingerprint density at radius 2 is 1.68 bits per heavy atom. The maximum atomic E-state index is 9.85. The number of benzene rings is 1. The highest BCUT2D eigenvalue weighted by molar-refractivity contribution is 5.62. The molecule has 0 saturated heterocycles. The lowest BCUT2D eigenvalue weighted by Crippen LogP contribution is -2.27. The molecular formula is C14H21NO4. The van der Waals surface area contributed by atoms with Crippen molar-refractivity contribution in [3.63, 3.8) is 0 Å². The Kier molecular flexibility index (Phi) is 4.37. The van der Waals surface area contributed by atoms with Crippen LogP contribution in [0.2, 0.25) is 0 Å². The van der Waals surface area contributed by atoms with Crippen LogP contribution in [-0.4, -0.2) is 38.6 Å². The summed E-state index contributed by atoms with van der Waals surface area (Å²) in [5, 5.41) is 13.2. The Morgan fingerprint density at radius 3 is 2.11 bits per heavy atom. The number of hydrogen-bond donors (Lipinski definition) is 2. The molecule has 1 aliphatic rings. The predicted octanol–water partition coefficient (Wildman–Crippen LogP) is 2.04. The third-order valence-electron chi connectivity index (χ3n) is 3.50. The van der Waals surface area contributed by atoms with E-state index >= 15 is 0 Å². The van der Waals surface area contributed by atoms with E-state index in [0.29, 0.717) is 17.2 Å². The summed E-state index contributed by atoms with van der Waals surface area (Å²) in [5.41, 5.74) is 0.862. The fourth-order valence-corrected chi connectivity index (χ4v) is 2.49. The lowest BCUT2D eigenvalue weighted by Gasteiger charge is -2.20. The van der Waals surface area contributed by atoms with E-state index in [9.17, 15) is 5.11 Å². The summed E-state index contributed by atoms with van der Waals surface area (Å²) in [6.07, 6.45) is 2.57. The minimum atomic E-state index is -0.293. The van der Waals surface area contributed by atoms with Crippen LogP contribution in [0.1, 0.15) is 19.3 Å². The van der Waals surface area contributed by atoms with Crippen LogP contribution < -0.4 is 19.5 Å². The first kappa shape index (κ1) is 13.8. The van der Waals surface area contributed by atoms with Crippen molar-refractivity contribution in [2.75, 3.05) is 26.6 Å². The van der Waals surface area contributed by atoms with Gasteiger partial charge in [-0.15, -0.1) is 0 Å². The summed E-state index contributed by atoms with van der Waals surface area (Å²) in [4.78, 5) is 0. The molecule has 1 fully saturated rings. The summed E-state index contributed by atoms with van der Waals surface area (Å²) in [6, 6.07) is 3.79. The first-order chi connectivity index (χ1) is 9.19. The average molecular weight is 267 g/mol. The highest BCUT2D eigenvalue weighted by Gasteiger charge is 2.25. The van der Waals surface area contributed by atoms with Crippen molar-refractivity contribution in [2.24, 2.45) is 0 Å².